The number of nitrogens with zero attached hydrogens (tertiary/aromatic N) is 2. The monoisotopic (exact) mass is 564 g/mol. The standard InChI is InChI=1S/C30H26F2N2O7/c1-19-28(4-3-5-29(19)34(37)38)33(17-21-8-9-22(31)12-27(21)32)16-20-6-10-23(11-7-20)41-26-14-24(39-2)13-25(15-26)40-18-30(35)36/h3-15H,16-18H2,1-2H3,(H,35,36). The highest BCUT2D eigenvalue weighted by Gasteiger charge is 2.20. The van der Waals surface area contributed by atoms with Crippen molar-refractivity contribution >= 4 is 17.3 Å². The summed E-state index contributed by atoms with van der Waals surface area (Å²) < 4.78 is 44.5. The maximum Gasteiger partial charge on any atom is 0.341 e. The lowest BCUT2D eigenvalue weighted by atomic mass is 10.1. The molecule has 0 aliphatic heterocycles. The van der Waals surface area contributed by atoms with Gasteiger partial charge in [-0.05, 0) is 36.8 Å². The van der Waals surface area contributed by atoms with E-state index >= 15 is 0 Å². The van der Waals surface area contributed by atoms with Crippen LogP contribution in [0, 0.1) is 28.7 Å². The van der Waals surface area contributed by atoms with Crippen molar-refractivity contribution in [3.05, 3.63) is 117 Å². The van der Waals surface area contributed by atoms with E-state index in [1.807, 2.05) is 0 Å². The average Bonchev–Trinajstić information content (AvgIpc) is 2.93. The van der Waals surface area contributed by atoms with Gasteiger partial charge >= 0.3 is 5.97 Å². The van der Waals surface area contributed by atoms with Crippen LogP contribution in [-0.4, -0.2) is 29.7 Å². The van der Waals surface area contributed by atoms with Gasteiger partial charge in [0.05, 0.1) is 17.6 Å². The molecule has 11 heteroatoms. The Morgan fingerprint density at radius 1 is 0.927 bits per heavy atom. The molecule has 0 fully saturated rings. The van der Waals surface area contributed by atoms with Gasteiger partial charge in [0.25, 0.3) is 5.69 Å². The lowest BCUT2D eigenvalue weighted by molar-refractivity contribution is -0.385. The van der Waals surface area contributed by atoms with E-state index in [-0.39, 0.29) is 30.1 Å². The van der Waals surface area contributed by atoms with Crippen molar-refractivity contribution in [2.75, 3.05) is 18.6 Å². The predicted molar refractivity (Wildman–Crippen MR) is 147 cm³/mol. The molecule has 0 unspecified atom stereocenters. The van der Waals surface area contributed by atoms with E-state index in [9.17, 15) is 23.7 Å². The van der Waals surface area contributed by atoms with Crippen LogP contribution in [0.25, 0.3) is 0 Å². The number of carboxylic acids is 1. The number of benzene rings is 4. The van der Waals surface area contributed by atoms with Crippen LogP contribution in [0.1, 0.15) is 16.7 Å². The minimum atomic E-state index is -1.12. The van der Waals surface area contributed by atoms with E-state index in [4.69, 9.17) is 19.3 Å². The normalized spacial score (nSPS) is 10.6. The summed E-state index contributed by atoms with van der Waals surface area (Å²) in [5.41, 5.74) is 1.91. The number of rotatable bonds is 12. The molecule has 0 saturated heterocycles. The molecule has 0 radical (unpaired) electrons. The molecule has 0 atom stereocenters. The second kappa shape index (κ2) is 12.8. The lowest BCUT2D eigenvalue weighted by Gasteiger charge is -2.27. The first-order chi connectivity index (χ1) is 19.6. The van der Waals surface area contributed by atoms with Gasteiger partial charge in [-0.3, -0.25) is 10.1 Å². The van der Waals surface area contributed by atoms with Crippen LogP contribution >= 0.6 is 0 Å². The Kier molecular flexibility index (Phi) is 8.98. The van der Waals surface area contributed by atoms with Crippen molar-refractivity contribution in [3.8, 4) is 23.0 Å². The first kappa shape index (κ1) is 28.8. The molecule has 4 aromatic rings. The van der Waals surface area contributed by atoms with Crippen molar-refractivity contribution in [1.29, 1.82) is 0 Å². The fourth-order valence-corrected chi connectivity index (χ4v) is 4.20. The molecule has 0 aliphatic carbocycles. The van der Waals surface area contributed by atoms with Crippen LogP contribution in [0.4, 0.5) is 20.2 Å². The molecule has 0 saturated carbocycles. The van der Waals surface area contributed by atoms with E-state index in [1.165, 1.54) is 37.4 Å². The van der Waals surface area contributed by atoms with Gasteiger partial charge < -0.3 is 24.2 Å². The maximum absolute atomic E-state index is 14.6. The van der Waals surface area contributed by atoms with Gasteiger partial charge in [0, 0.05) is 54.7 Å². The summed E-state index contributed by atoms with van der Waals surface area (Å²) in [6.07, 6.45) is 0. The van der Waals surface area contributed by atoms with Gasteiger partial charge in [-0.2, -0.15) is 0 Å². The third kappa shape index (κ3) is 7.47. The zero-order chi connectivity index (χ0) is 29.5. The fraction of sp³-hybridized carbons (Fsp3) is 0.167. The minimum absolute atomic E-state index is 0.0370. The third-order valence-corrected chi connectivity index (χ3v) is 6.17. The highest BCUT2D eigenvalue weighted by atomic mass is 19.1. The summed E-state index contributed by atoms with van der Waals surface area (Å²) >= 11 is 0. The molecule has 4 rings (SSSR count). The number of nitro benzene ring substituents is 1. The van der Waals surface area contributed by atoms with Crippen LogP contribution in [0.2, 0.25) is 0 Å². The molecule has 0 aromatic heterocycles. The number of hydrogen-bond donors (Lipinski definition) is 1. The second-order valence-corrected chi connectivity index (χ2v) is 9.04. The van der Waals surface area contributed by atoms with E-state index in [0.717, 1.165) is 11.6 Å². The molecule has 0 heterocycles. The molecular formula is C30H26F2N2O7. The molecule has 41 heavy (non-hydrogen) atoms. The van der Waals surface area contributed by atoms with Crippen LogP contribution < -0.4 is 19.1 Å². The van der Waals surface area contributed by atoms with E-state index < -0.39 is 29.1 Å². The predicted octanol–water partition coefficient (Wildman–Crippen LogP) is 6.65. The van der Waals surface area contributed by atoms with Crippen molar-refractivity contribution < 1.29 is 37.8 Å². The molecule has 0 aliphatic rings. The second-order valence-electron chi connectivity index (χ2n) is 9.04. The van der Waals surface area contributed by atoms with Gasteiger partial charge in [-0.15, -0.1) is 0 Å². The summed E-state index contributed by atoms with van der Waals surface area (Å²) in [4.78, 5) is 23.7. The number of anilines is 1. The Morgan fingerprint density at radius 3 is 2.29 bits per heavy atom. The molecule has 212 valence electrons. The number of nitro groups is 1. The number of carboxylic acid groups (broad SMARTS) is 1. The van der Waals surface area contributed by atoms with Crippen LogP contribution in [0.15, 0.2) is 78.9 Å². The smallest absolute Gasteiger partial charge is 0.341 e. The van der Waals surface area contributed by atoms with E-state index in [0.29, 0.717) is 28.5 Å². The number of aliphatic carboxylic acids is 1. The SMILES string of the molecule is COc1cc(OCC(=O)O)cc(Oc2ccc(CN(Cc3ccc(F)cc3F)c3cccc([N+](=O)[O-])c3C)cc2)c1. The molecule has 0 amide bonds. The third-order valence-electron chi connectivity index (χ3n) is 6.17. The summed E-state index contributed by atoms with van der Waals surface area (Å²) in [5.74, 6) is -1.04. The van der Waals surface area contributed by atoms with Gasteiger partial charge in [-0.1, -0.05) is 24.3 Å². The largest absolute Gasteiger partial charge is 0.496 e. The van der Waals surface area contributed by atoms with E-state index in [2.05, 4.69) is 0 Å². The summed E-state index contributed by atoms with van der Waals surface area (Å²) in [5, 5.41) is 20.4. The number of halogens is 2. The zero-order valence-electron chi connectivity index (χ0n) is 22.2. The number of ether oxygens (including phenoxy) is 3. The molecule has 0 spiro atoms. The van der Waals surface area contributed by atoms with Gasteiger partial charge in [0.1, 0.15) is 34.6 Å². The maximum atomic E-state index is 14.6. The average molecular weight is 565 g/mol. The Balaban J connectivity index is 1.58. The van der Waals surface area contributed by atoms with Gasteiger partial charge in [0.15, 0.2) is 6.61 Å². The van der Waals surface area contributed by atoms with Gasteiger partial charge in [-0.25, -0.2) is 13.6 Å². The highest BCUT2D eigenvalue weighted by molar-refractivity contribution is 5.68. The molecule has 9 nitrogen and oxygen atoms in total. The van der Waals surface area contributed by atoms with Crippen molar-refractivity contribution in [1.82, 2.24) is 0 Å². The van der Waals surface area contributed by atoms with Gasteiger partial charge in [0.2, 0.25) is 0 Å². The van der Waals surface area contributed by atoms with E-state index in [1.54, 1.807) is 54.3 Å². The number of methoxy groups -OCH3 is 1. The molecule has 0 bridgehead atoms. The van der Waals surface area contributed by atoms with Crippen LogP contribution in [0.5, 0.6) is 23.0 Å². The Labute approximate surface area is 234 Å². The van der Waals surface area contributed by atoms with Crippen molar-refractivity contribution in [2.45, 2.75) is 20.0 Å². The first-order valence-electron chi connectivity index (χ1n) is 12.4. The molecule has 1 N–H and O–H groups in total. The highest BCUT2D eigenvalue weighted by Crippen LogP contribution is 2.33. The Morgan fingerprint density at radius 2 is 1.63 bits per heavy atom. The number of hydrogen-bond acceptors (Lipinski definition) is 7. The summed E-state index contributed by atoms with van der Waals surface area (Å²) in [7, 11) is 1.46. The first-order valence-corrected chi connectivity index (χ1v) is 12.4. The topological polar surface area (TPSA) is 111 Å². The van der Waals surface area contributed by atoms with Crippen molar-refractivity contribution in [2.24, 2.45) is 0 Å². The van der Waals surface area contributed by atoms with Crippen molar-refractivity contribution in [3.63, 3.8) is 0 Å². The van der Waals surface area contributed by atoms with Crippen LogP contribution in [-0.2, 0) is 17.9 Å². The number of carbonyl (C=O) groups is 1. The Hall–Kier alpha value is -5.19. The fourth-order valence-electron chi connectivity index (χ4n) is 4.20. The minimum Gasteiger partial charge on any atom is -0.496 e. The Bertz CT molecular complexity index is 1560. The summed E-state index contributed by atoms with van der Waals surface area (Å²) in [6, 6.07) is 19.7. The summed E-state index contributed by atoms with van der Waals surface area (Å²) in [6.45, 7) is 1.39. The quantitative estimate of drug-likeness (QED) is 0.150. The zero-order valence-corrected chi connectivity index (χ0v) is 22.2. The van der Waals surface area contributed by atoms with Crippen LogP contribution in [0.3, 0.4) is 0 Å². The molecular weight excluding hydrogens is 538 g/mol. The lowest BCUT2D eigenvalue weighted by Crippen LogP contribution is -2.24. The molecule has 4 aromatic carbocycles.